The molecule has 0 aromatic carbocycles. The molecule has 0 amide bonds. The van der Waals surface area contributed by atoms with Gasteiger partial charge in [-0.1, -0.05) is 70.4 Å². The lowest BCUT2D eigenvalue weighted by Crippen LogP contribution is -2.55. The molecule has 5 heteroatoms. The van der Waals surface area contributed by atoms with E-state index in [0.29, 0.717) is 6.61 Å². The number of aliphatic hydroxyl groups is 3. The fraction of sp³-hybridized carbons (Fsp3) is 0.913. The normalized spacial score (nSPS) is 25.6. The maximum atomic E-state index is 9.99. The van der Waals surface area contributed by atoms with Crippen LogP contribution in [0.15, 0.2) is 12.2 Å². The molecule has 1 aliphatic rings. The average Bonchev–Trinajstić information content (AvgIpc) is 2.70. The van der Waals surface area contributed by atoms with Gasteiger partial charge in [0.1, 0.15) is 24.4 Å². The topological polar surface area (TPSA) is 79.2 Å². The SMILES string of the molecule is CCCCCC/C=C/CCCCCCCCCO[C@H]1[C@H](O)[C@@H](O)CO[C@@H]1CO. The molecule has 0 aliphatic carbocycles. The van der Waals surface area contributed by atoms with Gasteiger partial charge in [-0.2, -0.15) is 0 Å². The summed E-state index contributed by atoms with van der Waals surface area (Å²) in [4.78, 5) is 0. The Balaban J connectivity index is 1.89. The minimum Gasteiger partial charge on any atom is -0.394 e. The molecule has 0 spiro atoms. The van der Waals surface area contributed by atoms with Crippen LogP contribution in [-0.4, -0.2) is 59.6 Å². The van der Waals surface area contributed by atoms with E-state index in [1.165, 1.54) is 70.6 Å². The molecule has 0 unspecified atom stereocenters. The highest BCUT2D eigenvalue weighted by atomic mass is 16.6. The second kappa shape index (κ2) is 17.4. The first-order valence-electron chi connectivity index (χ1n) is 11.6. The van der Waals surface area contributed by atoms with Gasteiger partial charge in [-0.05, 0) is 32.1 Å². The van der Waals surface area contributed by atoms with Crippen molar-refractivity contribution in [3.8, 4) is 0 Å². The quantitative estimate of drug-likeness (QED) is 0.253. The standard InChI is InChI=1S/C23H44O5/c1-2-3-4-5-6-7-8-9-10-11-12-13-14-15-16-17-27-23-21(18-24)28-19-20(25)22(23)26/h7-8,20-26H,2-6,9-19H2,1H3/b8-7+/t20-,21+,22+,23+/m0/s1. The molecule has 3 N–H and O–H groups in total. The van der Waals surface area contributed by atoms with Gasteiger partial charge < -0.3 is 24.8 Å². The van der Waals surface area contributed by atoms with Crippen molar-refractivity contribution in [3.05, 3.63) is 12.2 Å². The maximum absolute atomic E-state index is 9.99. The average molecular weight is 401 g/mol. The van der Waals surface area contributed by atoms with Gasteiger partial charge >= 0.3 is 0 Å². The highest BCUT2D eigenvalue weighted by molar-refractivity contribution is 4.87. The lowest BCUT2D eigenvalue weighted by atomic mass is 10.0. The van der Waals surface area contributed by atoms with Gasteiger partial charge in [0, 0.05) is 6.61 Å². The van der Waals surface area contributed by atoms with Gasteiger partial charge in [-0.3, -0.25) is 0 Å². The molecule has 4 atom stereocenters. The van der Waals surface area contributed by atoms with Crippen molar-refractivity contribution < 1.29 is 24.8 Å². The third-order valence-corrected chi connectivity index (χ3v) is 5.47. The maximum Gasteiger partial charge on any atom is 0.114 e. The lowest BCUT2D eigenvalue weighted by Gasteiger charge is -2.37. The highest BCUT2D eigenvalue weighted by Gasteiger charge is 2.39. The van der Waals surface area contributed by atoms with Gasteiger partial charge in [0.15, 0.2) is 0 Å². The minimum absolute atomic E-state index is 0.0427. The number of ether oxygens (including phenoxy) is 2. The minimum atomic E-state index is -0.990. The third-order valence-electron chi connectivity index (χ3n) is 5.47. The molecule has 28 heavy (non-hydrogen) atoms. The predicted octanol–water partition coefficient (Wildman–Crippen LogP) is 4.13. The summed E-state index contributed by atoms with van der Waals surface area (Å²) < 4.78 is 11.0. The summed E-state index contributed by atoms with van der Waals surface area (Å²) in [6.07, 6.45) is 17.8. The van der Waals surface area contributed by atoms with Crippen LogP contribution >= 0.6 is 0 Å². The number of rotatable bonds is 17. The molecule has 5 nitrogen and oxygen atoms in total. The van der Waals surface area contributed by atoms with Crippen LogP contribution in [0.1, 0.15) is 90.4 Å². The number of unbranched alkanes of at least 4 members (excludes halogenated alkanes) is 11. The van der Waals surface area contributed by atoms with Crippen LogP contribution in [0.25, 0.3) is 0 Å². The highest BCUT2D eigenvalue weighted by Crippen LogP contribution is 2.19. The van der Waals surface area contributed by atoms with E-state index < -0.39 is 24.4 Å². The van der Waals surface area contributed by atoms with Crippen molar-refractivity contribution in [1.29, 1.82) is 0 Å². The summed E-state index contributed by atoms with van der Waals surface area (Å²) >= 11 is 0. The molecule has 0 aromatic heterocycles. The lowest BCUT2D eigenvalue weighted by molar-refractivity contribution is -0.211. The van der Waals surface area contributed by atoms with Crippen LogP contribution in [0.5, 0.6) is 0 Å². The number of allylic oxidation sites excluding steroid dienone is 2. The monoisotopic (exact) mass is 400 g/mol. The molecular formula is C23H44O5. The molecule has 166 valence electrons. The van der Waals surface area contributed by atoms with Crippen molar-refractivity contribution in [2.24, 2.45) is 0 Å². The molecule has 0 radical (unpaired) electrons. The van der Waals surface area contributed by atoms with Crippen LogP contribution in [0.3, 0.4) is 0 Å². The van der Waals surface area contributed by atoms with Gasteiger partial charge in [0.05, 0.1) is 13.2 Å². The summed E-state index contributed by atoms with van der Waals surface area (Å²) in [5, 5.41) is 28.9. The summed E-state index contributed by atoms with van der Waals surface area (Å²) in [6, 6.07) is 0. The van der Waals surface area contributed by atoms with Gasteiger partial charge in [-0.25, -0.2) is 0 Å². The Labute approximate surface area is 172 Å². The van der Waals surface area contributed by atoms with Crippen LogP contribution < -0.4 is 0 Å². The predicted molar refractivity (Wildman–Crippen MR) is 113 cm³/mol. The second-order valence-corrected chi connectivity index (χ2v) is 8.03. The summed E-state index contributed by atoms with van der Waals surface area (Å²) in [6.45, 7) is 2.61. The van der Waals surface area contributed by atoms with E-state index in [2.05, 4.69) is 19.1 Å². The molecule has 1 rings (SSSR count). The smallest absolute Gasteiger partial charge is 0.114 e. The molecule has 1 aliphatic heterocycles. The van der Waals surface area contributed by atoms with Crippen LogP contribution in [0.4, 0.5) is 0 Å². The van der Waals surface area contributed by atoms with Crippen molar-refractivity contribution in [3.63, 3.8) is 0 Å². The van der Waals surface area contributed by atoms with Crippen molar-refractivity contribution in [1.82, 2.24) is 0 Å². The van der Waals surface area contributed by atoms with Crippen molar-refractivity contribution in [2.45, 2.75) is 115 Å². The Bertz CT molecular complexity index is 372. The zero-order valence-electron chi connectivity index (χ0n) is 17.9. The Morgan fingerprint density at radius 2 is 1.43 bits per heavy atom. The van der Waals surface area contributed by atoms with E-state index in [4.69, 9.17) is 9.47 Å². The molecule has 1 heterocycles. The Kier molecular flexibility index (Phi) is 15.9. The molecule has 0 saturated carbocycles. The van der Waals surface area contributed by atoms with Crippen molar-refractivity contribution in [2.75, 3.05) is 19.8 Å². The molecule has 0 aromatic rings. The van der Waals surface area contributed by atoms with E-state index in [0.717, 1.165) is 12.8 Å². The molecular weight excluding hydrogens is 356 g/mol. The van der Waals surface area contributed by atoms with Crippen molar-refractivity contribution >= 4 is 0 Å². The van der Waals surface area contributed by atoms with Crippen LogP contribution in [-0.2, 0) is 9.47 Å². The fourth-order valence-electron chi connectivity index (χ4n) is 3.61. The first kappa shape index (κ1) is 25.6. The van der Waals surface area contributed by atoms with Crippen LogP contribution in [0, 0.1) is 0 Å². The molecule has 1 saturated heterocycles. The second-order valence-electron chi connectivity index (χ2n) is 8.03. The zero-order chi connectivity index (χ0) is 20.5. The first-order valence-corrected chi connectivity index (χ1v) is 11.6. The van der Waals surface area contributed by atoms with Gasteiger partial charge in [-0.15, -0.1) is 0 Å². The Morgan fingerprint density at radius 3 is 2.04 bits per heavy atom. The Hall–Kier alpha value is -0.460. The van der Waals surface area contributed by atoms with Gasteiger partial charge in [0.2, 0.25) is 0 Å². The number of hydrogen-bond acceptors (Lipinski definition) is 5. The molecule has 0 bridgehead atoms. The molecule has 1 fully saturated rings. The first-order chi connectivity index (χ1) is 13.7. The van der Waals surface area contributed by atoms with E-state index in [1.54, 1.807) is 0 Å². The van der Waals surface area contributed by atoms with E-state index >= 15 is 0 Å². The number of hydrogen-bond donors (Lipinski definition) is 3. The largest absolute Gasteiger partial charge is 0.394 e. The zero-order valence-corrected chi connectivity index (χ0v) is 17.9. The number of aliphatic hydroxyl groups excluding tert-OH is 3. The fourth-order valence-corrected chi connectivity index (χ4v) is 3.61. The van der Waals surface area contributed by atoms with E-state index in [9.17, 15) is 15.3 Å². The summed E-state index contributed by atoms with van der Waals surface area (Å²) in [5.41, 5.74) is 0. The summed E-state index contributed by atoms with van der Waals surface area (Å²) in [7, 11) is 0. The Morgan fingerprint density at radius 1 is 0.857 bits per heavy atom. The van der Waals surface area contributed by atoms with E-state index in [-0.39, 0.29) is 13.2 Å². The van der Waals surface area contributed by atoms with Gasteiger partial charge in [0.25, 0.3) is 0 Å². The third kappa shape index (κ3) is 11.5. The van der Waals surface area contributed by atoms with Crippen LogP contribution in [0.2, 0.25) is 0 Å². The summed E-state index contributed by atoms with van der Waals surface area (Å²) in [5.74, 6) is 0. The van der Waals surface area contributed by atoms with E-state index in [1.807, 2.05) is 0 Å².